The molecule has 0 bridgehead atoms. The minimum Gasteiger partial charge on any atom is -0.481 e. The lowest BCUT2D eigenvalue weighted by molar-refractivity contribution is -0.151. The van der Waals surface area contributed by atoms with Crippen LogP contribution in [0.1, 0.15) is 38.2 Å². The third kappa shape index (κ3) is 4.23. The zero-order valence-electron chi connectivity index (χ0n) is 15.2. The molecule has 1 aromatic carbocycles. The van der Waals surface area contributed by atoms with Gasteiger partial charge in [-0.3, -0.25) is 14.5 Å². The van der Waals surface area contributed by atoms with Crippen LogP contribution in [0.4, 0.5) is 4.39 Å². The lowest BCUT2D eigenvalue weighted by Gasteiger charge is -2.41. The van der Waals surface area contributed by atoms with Crippen LogP contribution in [0.15, 0.2) is 24.3 Å². The zero-order chi connectivity index (χ0) is 18.7. The Balaban J connectivity index is 1.63. The van der Waals surface area contributed by atoms with Crippen molar-refractivity contribution in [3.63, 3.8) is 0 Å². The summed E-state index contributed by atoms with van der Waals surface area (Å²) in [5.41, 5.74) is 0.912. The van der Waals surface area contributed by atoms with Crippen molar-refractivity contribution in [3.05, 3.63) is 35.6 Å². The topological polar surface area (TPSA) is 60.9 Å². The number of hydrogen-bond acceptors (Lipinski definition) is 3. The molecule has 2 aliphatic heterocycles. The molecule has 5 nitrogen and oxygen atoms in total. The second-order valence-corrected chi connectivity index (χ2v) is 7.56. The van der Waals surface area contributed by atoms with Gasteiger partial charge in [0.15, 0.2) is 0 Å². The van der Waals surface area contributed by atoms with E-state index in [9.17, 15) is 19.1 Å². The molecule has 1 unspecified atom stereocenters. The molecule has 142 valence electrons. The highest BCUT2D eigenvalue weighted by Crippen LogP contribution is 2.28. The molecule has 1 N–H and O–H groups in total. The second kappa shape index (κ2) is 8.16. The first kappa shape index (κ1) is 18.8. The predicted octanol–water partition coefficient (Wildman–Crippen LogP) is 2.75. The lowest BCUT2D eigenvalue weighted by atomic mass is 9.88. The summed E-state index contributed by atoms with van der Waals surface area (Å²) in [5.74, 6) is -1.56. The van der Waals surface area contributed by atoms with E-state index in [1.165, 1.54) is 12.1 Å². The van der Waals surface area contributed by atoms with Gasteiger partial charge in [-0.2, -0.15) is 0 Å². The molecule has 3 rings (SSSR count). The summed E-state index contributed by atoms with van der Waals surface area (Å²) in [4.78, 5) is 28.4. The normalized spacial score (nSPS) is 27.3. The SMILES string of the molecule is C[C@@H]1[C@H](C(=O)O)CCCN1C(=O)C1CCCN(Cc2cccc(F)c2)C1. The summed E-state index contributed by atoms with van der Waals surface area (Å²) in [6.07, 6.45) is 3.14. The Morgan fingerprint density at radius 3 is 2.73 bits per heavy atom. The van der Waals surface area contributed by atoms with Gasteiger partial charge >= 0.3 is 5.97 Å². The lowest BCUT2D eigenvalue weighted by Crippen LogP contribution is -2.53. The maximum atomic E-state index is 13.4. The van der Waals surface area contributed by atoms with Crippen molar-refractivity contribution >= 4 is 11.9 Å². The molecule has 1 aromatic rings. The van der Waals surface area contributed by atoms with E-state index >= 15 is 0 Å². The first-order valence-electron chi connectivity index (χ1n) is 9.46. The molecule has 0 spiro atoms. The first-order chi connectivity index (χ1) is 12.5. The molecule has 0 radical (unpaired) electrons. The number of rotatable bonds is 4. The Labute approximate surface area is 153 Å². The molecule has 2 aliphatic rings. The molecule has 26 heavy (non-hydrogen) atoms. The van der Waals surface area contributed by atoms with Crippen LogP contribution in [0.2, 0.25) is 0 Å². The Bertz CT molecular complexity index is 666. The fourth-order valence-electron chi connectivity index (χ4n) is 4.31. The van der Waals surface area contributed by atoms with Gasteiger partial charge in [-0.05, 0) is 56.8 Å². The molecule has 1 amide bonds. The molecule has 0 saturated carbocycles. The van der Waals surface area contributed by atoms with Crippen LogP contribution in [0.3, 0.4) is 0 Å². The monoisotopic (exact) mass is 362 g/mol. The third-order valence-electron chi connectivity index (χ3n) is 5.74. The number of nitrogens with zero attached hydrogens (tertiary/aromatic N) is 2. The van der Waals surface area contributed by atoms with E-state index in [4.69, 9.17) is 0 Å². The molecule has 2 saturated heterocycles. The van der Waals surface area contributed by atoms with Gasteiger partial charge in [0.1, 0.15) is 5.82 Å². The molecule has 2 heterocycles. The van der Waals surface area contributed by atoms with Gasteiger partial charge in [-0.25, -0.2) is 4.39 Å². The minimum absolute atomic E-state index is 0.0763. The fraction of sp³-hybridized carbons (Fsp3) is 0.600. The van der Waals surface area contributed by atoms with E-state index in [1.807, 2.05) is 13.0 Å². The van der Waals surface area contributed by atoms with Gasteiger partial charge in [0.2, 0.25) is 5.91 Å². The maximum absolute atomic E-state index is 13.4. The standard InChI is InChI=1S/C20H27FN2O3/c1-14-18(20(25)26)8-4-10-23(14)19(24)16-6-3-9-22(13-16)12-15-5-2-7-17(21)11-15/h2,5,7,11,14,16,18H,3-4,6,8-10,12-13H2,1H3,(H,25,26)/t14-,16?,18-/m1/s1. The molecule has 0 aromatic heterocycles. The van der Waals surface area contributed by atoms with E-state index < -0.39 is 11.9 Å². The Morgan fingerprint density at radius 1 is 1.23 bits per heavy atom. The van der Waals surface area contributed by atoms with Crippen molar-refractivity contribution in [1.29, 1.82) is 0 Å². The minimum atomic E-state index is -0.814. The van der Waals surface area contributed by atoms with Crippen molar-refractivity contribution in [2.45, 2.75) is 45.2 Å². The van der Waals surface area contributed by atoms with Crippen molar-refractivity contribution in [1.82, 2.24) is 9.80 Å². The smallest absolute Gasteiger partial charge is 0.308 e. The average molecular weight is 362 g/mol. The Hall–Kier alpha value is -1.95. The van der Waals surface area contributed by atoms with Crippen LogP contribution in [0.5, 0.6) is 0 Å². The number of amides is 1. The second-order valence-electron chi connectivity index (χ2n) is 7.56. The highest BCUT2D eigenvalue weighted by molar-refractivity contribution is 5.81. The van der Waals surface area contributed by atoms with E-state index in [0.29, 0.717) is 26.1 Å². The summed E-state index contributed by atoms with van der Waals surface area (Å²) >= 11 is 0. The van der Waals surface area contributed by atoms with Gasteiger partial charge in [0.25, 0.3) is 0 Å². The largest absolute Gasteiger partial charge is 0.481 e. The summed E-state index contributed by atoms with van der Waals surface area (Å²) in [7, 11) is 0. The number of likely N-dealkylation sites (tertiary alicyclic amines) is 2. The van der Waals surface area contributed by atoms with Crippen LogP contribution in [0, 0.1) is 17.7 Å². The van der Waals surface area contributed by atoms with Gasteiger partial charge in [-0.15, -0.1) is 0 Å². The van der Waals surface area contributed by atoms with Crippen molar-refractivity contribution in [2.75, 3.05) is 19.6 Å². The van der Waals surface area contributed by atoms with E-state index in [0.717, 1.165) is 31.4 Å². The van der Waals surface area contributed by atoms with E-state index in [2.05, 4.69) is 4.90 Å². The summed E-state index contributed by atoms with van der Waals surface area (Å²) in [6.45, 7) is 4.67. The highest BCUT2D eigenvalue weighted by Gasteiger charge is 2.38. The number of carboxylic acids is 1. The molecular weight excluding hydrogens is 335 g/mol. The van der Waals surface area contributed by atoms with Crippen LogP contribution in [-0.4, -0.2) is 52.5 Å². The number of benzene rings is 1. The zero-order valence-corrected chi connectivity index (χ0v) is 15.2. The van der Waals surface area contributed by atoms with Gasteiger partial charge in [0, 0.05) is 25.7 Å². The molecular formula is C20H27FN2O3. The molecule has 0 aliphatic carbocycles. The average Bonchev–Trinajstić information content (AvgIpc) is 2.61. The third-order valence-corrected chi connectivity index (χ3v) is 5.74. The highest BCUT2D eigenvalue weighted by atomic mass is 19.1. The summed E-state index contributed by atoms with van der Waals surface area (Å²) in [5, 5.41) is 9.37. The molecule has 6 heteroatoms. The van der Waals surface area contributed by atoms with Crippen LogP contribution in [-0.2, 0) is 16.1 Å². The number of aliphatic carboxylic acids is 1. The Morgan fingerprint density at radius 2 is 2.00 bits per heavy atom. The van der Waals surface area contributed by atoms with Crippen LogP contribution < -0.4 is 0 Å². The van der Waals surface area contributed by atoms with Gasteiger partial charge in [0.05, 0.1) is 11.8 Å². The quantitative estimate of drug-likeness (QED) is 0.895. The van der Waals surface area contributed by atoms with Crippen molar-refractivity contribution in [3.8, 4) is 0 Å². The number of carboxylic acid groups (broad SMARTS) is 1. The van der Waals surface area contributed by atoms with Crippen LogP contribution in [0.25, 0.3) is 0 Å². The Kier molecular flexibility index (Phi) is 5.91. The number of hydrogen-bond donors (Lipinski definition) is 1. The summed E-state index contributed by atoms with van der Waals surface area (Å²) < 4.78 is 13.4. The van der Waals surface area contributed by atoms with E-state index in [1.54, 1.807) is 11.0 Å². The van der Waals surface area contributed by atoms with Crippen molar-refractivity contribution in [2.24, 2.45) is 11.8 Å². The van der Waals surface area contributed by atoms with Gasteiger partial charge in [-0.1, -0.05) is 12.1 Å². The number of carbonyl (C=O) groups excluding carboxylic acids is 1. The number of carbonyl (C=O) groups is 2. The number of halogens is 1. The molecule has 2 fully saturated rings. The van der Waals surface area contributed by atoms with Gasteiger partial charge < -0.3 is 10.0 Å². The summed E-state index contributed by atoms with van der Waals surface area (Å²) in [6, 6.07) is 6.32. The molecule has 3 atom stereocenters. The van der Waals surface area contributed by atoms with E-state index in [-0.39, 0.29) is 23.7 Å². The maximum Gasteiger partial charge on any atom is 0.308 e. The fourth-order valence-corrected chi connectivity index (χ4v) is 4.31. The van der Waals surface area contributed by atoms with Crippen molar-refractivity contribution < 1.29 is 19.1 Å². The first-order valence-corrected chi connectivity index (χ1v) is 9.46. The number of piperidine rings is 2. The van der Waals surface area contributed by atoms with Crippen LogP contribution >= 0.6 is 0 Å². The predicted molar refractivity (Wildman–Crippen MR) is 95.9 cm³/mol.